The average molecular weight is 343 g/mol. The summed E-state index contributed by atoms with van der Waals surface area (Å²) in [4.78, 5) is 14.3. The first kappa shape index (κ1) is 16.7. The van der Waals surface area contributed by atoms with E-state index in [4.69, 9.17) is 0 Å². The molecular formula is C19H21NO3S. The van der Waals surface area contributed by atoms with Gasteiger partial charge in [0.15, 0.2) is 0 Å². The summed E-state index contributed by atoms with van der Waals surface area (Å²) in [6, 6.07) is 10.7. The molecule has 1 aliphatic heterocycles. The topological polar surface area (TPSA) is 60.8 Å². The number of phenolic OH excluding ortho intramolecular Hbond substituents is 2. The summed E-state index contributed by atoms with van der Waals surface area (Å²) in [7, 11) is 0. The molecule has 0 spiro atoms. The van der Waals surface area contributed by atoms with E-state index in [0.717, 1.165) is 22.4 Å². The van der Waals surface area contributed by atoms with Crippen LogP contribution in [0, 0.1) is 6.92 Å². The second kappa shape index (κ2) is 6.40. The molecule has 1 heterocycles. The lowest BCUT2D eigenvalue weighted by molar-refractivity contribution is -0.115. The van der Waals surface area contributed by atoms with Crippen molar-refractivity contribution >= 4 is 23.4 Å². The number of phenols is 2. The first-order valence-electron chi connectivity index (χ1n) is 7.94. The van der Waals surface area contributed by atoms with Crippen LogP contribution in [-0.4, -0.2) is 21.9 Å². The molecule has 5 heteroatoms. The molecule has 0 aliphatic carbocycles. The number of carbonyl (C=O) groups is 1. The van der Waals surface area contributed by atoms with E-state index in [9.17, 15) is 15.0 Å². The zero-order chi connectivity index (χ0) is 17.4. The van der Waals surface area contributed by atoms with Crippen molar-refractivity contribution < 1.29 is 15.0 Å². The number of rotatable bonds is 3. The van der Waals surface area contributed by atoms with Gasteiger partial charge in [-0.25, -0.2) is 0 Å². The molecule has 0 saturated carbocycles. The molecule has 1 aliphatic rings. The Kier molecular flexibility index (Phi) is 4.45. The molecule has 2 aromatic rings. The van der Waals surface area contributed by atoms with Crippen LogP contribution in [0.5, 0.6) is 11.5 Å². The highest BCUT2D eigenvalue weighted by atomic mass is 32.2. The number of hydrogen-bond acceptors (Lipinski definition) is 4. The summed E-state index contributed by atoms with van der Waals surface area (Å²) in [6.45, 7) is 5.93. The summed E-state index contributed by atoms with van der Waals surface area (Å²) >= 11 is 1.55. The fourth-order valence-corrected chi connectivity index (χ4v) is 4.19. The van der Waals surface area contributed by atoms with Crippen molar-refractivity contribution in [2.45, 2.75) is 32.1 Å². The third-order valence-electron chi connectivity index (χ3n) is 4.25. The summed E-state index contributed by atoms with van der Waals surface area (Å²) < 4.78 is 0. The van der Waals surface area contributed by atoms with E-state index >= 15 is 0 Å². The first-order valence-corrected chi connectivity index (χ1v) is 8.99. The predicted octanol–water partition coefficient (Wildman–Crippen LogP) is 4.31. The summed E-state index contributed by atoms with van der Waals surface area (Å²) in [5, 5.41) is 19.8. The minimum absolute atomic E-state index is 0.0387. The largest absolute Gasteiger partial charge is 0.508 e. The highest BCUT2D eigenvalue weighted by Crippen LogP contribution is 2.45. The Balaban J connectivity index is 2.09. The van der Waals surface area contributed by atoms with E-state index < -0.39 is 0 Å². The molecular weight excluding hydrogens is 322 g/mol. The van der Waals surface area contributed by atoms with Gasteiger partial charge in [0.05, 0.1) is 5.75 Å². The van der Waals surface area contributed by atoms with Crippen LogP contribution in [0.2, 0.25) is 0 Å². The molecule has 1 atom stereocenters. The Morgan fingerprint density at radius 2 is 1.96 bits per heavy atom. The SMILES string of the molecule is Cc1cc(O)c(C(C)C)cc1N1C(=O)CSC1c1cccc(O)c1. The highest BCUT2D eigenvalue weighted by molar-refractivity contribution is 8.00. The fraction of sp³-hybridized carbons (Fsp3) is 0.316. The van der Waals surface area contributed by atoms with Crippen molar-refractivity contribution in [3.63, 3.8) is 0 Å². The van der Waals surface area contributed by atoms with Gasteiger partial charge in [-0.05, 0) is 53.8 Å². The van der Waals surface area contributed by atoms with E-state index in [1.165, 1.54) is 0 Å². The van der Waals surface area contributed by atoms with Crippen molar-refractivity contribution in [1.29, 1.82) is 0 Å². The Morgan fingerprint density at radius 3 is 2.62 bits per heavy atom. The van der Waals surface area contributed by atoms with Gasteiger partial charge in [0, 0.05) is 5.69 Å². The quantitative estimate of drug-likeness (QED) is 0.872. The number of aromatic hydroxyl groups is 2. The summed E-state index contributed by atoms with van der Waals surface area (Å²) in [5.41, 5.74) is 3.40. The Bertz CT molecular complexity index is 788. The Hall–Kier alpha value is -2.14. The third kappa shape index (κ3) is 2.96. The molecule has 0 aromatic heterocycles. The van der Waals surface area contributed by atoms with E-state index in [2.05, 4.69) is 0 Å². The van der Waals surface area contributed by atoms with Gasteiger partial charge < -0.3 is 10.2 Å². The number of aryl methyl sites for hydroxylation is 1. The van der Waals surface area contributed by atoms with Gasteiger partial charge in [-0.1, -0.05) is 26.0 Å². The number of anilines is 1. The molecule has 4 nitrogen and oxygen atoms in total. The van der Waals surface area contributed by atoms with Crippen molar-refractivity contribution in [1.82, 2.24) is 0 Å². The Labute approximate surface area is 146 Å². The van der Waals surface area contributed by atoms with Crippen molar-refractivity contribution in [2.75, 3.05) is 10.7 Å². The van der Waals surface area contributed by atoms with Crippen molar-refractivity contribution in [3.8, 4) is 11.5 Å². The van der Waals surface area contributed by atoms with Crippen molar-refractivity contribution in [2.24, 2.45) is 0 Å². The zero-order valence-electron chi connectivity index (χ0n) is 14.0. The van der Waals surface area contributed by atoms with E-state index in [1.54, 1.807) is 40.9 Å². The van der Waals surface area contributed by atoms with Crippen LogP contribution in [0.3, 0.4) is 0 Å². The summed E-state index contributed by atoms with van der Waals surface area (Å²) in [6.07, 6.45) is 0. The number of hydrogen-bond donors (Lipinski definition) is 2. The van der Waals surface area contributed by atoms with E-state index in [0.29, 0.717) is 5.75 Å². The molecule has 2 N–H and O–H groups in total. The van der Waals surface area contributed by atoms with Gasteiger partial charge in [0.2, 0.25) is 5.91 Å². The maximum atomic E-state index is 12.5. The lowest BCUT2D eigenvalue weighted by Gasteiger charge is -2.27. The standard InChI is InChI=1S/C19H21NO3S/c1-11(2)15-9-16(12(3)7-17(15)22)20-18(23)10-24-19(20)13-5-4-6-14(21)8-13/h4-9,11,19,21-22H,10H2,1-3H3. The van der Waals surface area contributed by atoms with Gasteiger partial charge in [-0.3, -0.25) is 9.69 Å². The van der Waals surface area contributed by atoms with Crippen LogP contribution in [0.25, 0.3) is 0 Å². The zero-order valence-corrected chi connectivity index (χ0v) is 14.8. The highest BCUT2D eigenvalue weighted by Gasteiger charge is 2.35. The molecule has 0 radical (unpaired) electrons. The van der Waals surface area contributed by atoms with Crippen LogP contribution in [0.15, 0.2) is 36.4 Å². The molecule has 1 unspecified atom stereocenters. The van der Waals surface area contributed by atoms with Crippen molar-refractivity contribution in [3.05, 3.63) is 53.1 Å². The lowest BCUT2D eigenvalue weighted by Crippen LogP contribution is -2.28. The molecule has 3 rings (SSSR count). The fourth-order valence-electron chi connectivity index (χ4n) is 3.03. The molecule has 24 heavy (non-hydrogen) atoms. The molecule has 1 amide bonds. The lowest BCUT2D eigenvalue weighted by atomic mass is 9.98. The van der Waals surface area contributed by atoms with Crippen LogP contribution in [0.1, 0.15) is 41.8 Å². The number of carbonyl (C=O) groups excluding carboxylic acids is 1. The maximum absolute atomic E-state index is 12.5. The number of amides is 1. The maximum Gasteiger partial charge on any atom is 0.238 e. The van der Waals surface area contributed by atoms with Crippen LogP contribution in [-0.2, 0) is 4.79 Å². The van der Waals surface area contributed by atoms with Gasteiger partial charge in [0.25, 0.3) is 0 Å². The van der Waals surface area contributed by atoms with Crippen LogP contribution < -0.4 is 4.90 Å². The molecule has 0 bridgehead atoms. The molecule has 126 valence electrons. The number of thioether (sulfide) groups is 1. The minimum Gasteiger partial charge on any atom is -0.508 e. The predicted molar refractivity (Wildman–Crippen MR) is 97.7 cm³/mol. The summed E-state index contributed by atoms with van der Waals surface area (Å²) in [5.74, 6) is 1.06. The van der Waals surface area contributed by atoms with Crippen LogP contribution in [0.4, 0.5) is 5.69 Å². The number of benzene rings is 2. The first-order chi connectivity index (χ1) is 11.4. The average Bonchev–Trinajstić information content (AvgIpc) is 2.89. The molecule has 1 fully saturated rings. The van der Waals surface area contributed by atoms with E-state index in [1.807, 2.05) is 32.9 Å². The molecule has 1 saturated heterocycles. The van der Waals surface area contributed by atoms with Gasteiger partial charge in [-0.15, -0.1) is 11.8 Å². The Morgan fingerprint density at radius 1 is 1.21 bits per heavy atom. The second-order valence-electron chi connectivity index (χ2n) is 6.37. The van der Waals surface area contributed by atoms with E-state index in [-0.39, 0.29) is 28.7 Å². The van der Waals surface area contributed by atoms with Gasteiger partial charge in [0.1, 0.15) is 16.9 Å². The normalized spacial score (nSPS) is 17.8. The second-order valence-corrected chi connectivity index (χ2v) is 7.44. The van der Waals surface area contributed by atoms with Crippen LogP contribution >= 0.6 is 11.8 Å². The van der Waals surface area contributed by atoms with Gasteiger partial charge >= 0.3 is 0 Å². The minimum atomic E-state index is -0.173. The van der Waals surface area contributed by atoms with Gasteiger partial charge in [-0.2, -0.15) is 0 Å². The molecule has 2 aromatic carbocycles. The smallest absolute Gasteiger partial charge is 0.238 e. The third-order valence-corrected chi connectivity index (χ3v) is 5.46. The monoisotopic (exact) mass is 343 g/mol. The number of nitrogens with zero attached hydrogens (tertiary/aromatic N) is 1.